The minimum atomic E-state index is -0.825. The molecule has 0 radical (unpaired) electrons. The Kier molecular flexibility index (Phi) is 8.03. The number of primary amides is 1. The van der Waals surface area contributed by atoms with Crippen LogP contribution in [0.2, 0.25) is 0 Å². The number of benzene rings is 1. The first-order valence-corrected chi connectivity index (χ1v) is 11.2. The summed E-state index contributed by atoms with van der Waals surface area (Å²) in [6.45, 7) is 6.94. The molecule has 0 bridgehead atoms. The number of nitrogens with one attached hydrogen (secondary N) is 1. The van der Waals surface area contributed by atoms with Crippen LogP contribution in [0.1, 0.15) is 41.6 Å². The van der Waals surface area contributed by atoms with Crippen molar-refractivity contribution in [3.05, 3.63) is 41.0 Å². The Morgan fingerprint density at radius 1 is 1.35 bits per heavy atom. The van der Waals surface area contributed by atoms with Crippen LogP contribution in [0, 0.1) is 18.2 Å². The van der Waals surface area contributed by atoms with Crippen molar-refractivity contribution in [1.82, 2.24) is 9.80 Å². The summed E-state index contributed by atoms with van der Waals surface area (Å²) in [5.41, 5.74) is 7.06. The molecule has 9 nitrogen and oxygen atoms in total. The van der Waals surface area contributed by atoms with Crippen molar-refractivity contribution in [1.29, 1.82) is 0 Å². The lowest BCUT2D eigenvalue weighted by Crippen LogP contribution is -2.51. The SMILES string of the molecule is C=N/C=C(\C(=N/CNc1cc(F)c(C(N)=O)cc1C)N(C=O)C1CCC2(CC1)COC2)N(C)C. The Labute approximate surface area is 199 Å². The Bertz CT molecular complexity index is 993. The van der Waals surface area contributed by atoms with Crippen LogP contribution in [0.15, 0.2) is 34.0 Å². The van der Waals surface area contributed by atoms with Gasteiger partial charge in [0.1, 0.15) is 12.5 Å². The second-order valence-electron chi connectivity index (χ2n) is 9.16. The first-order valence-electron chi connectivity index (χ1n) is 11.2. The van der Waals surface area contributed by atoms with E-state index in [-0.39, 0.29) is 23.7 Å². The van der Waals surface area contributed by atoms with E-state index in [1.807, 2.05) is 19.0 Å². The van der Waals surface area contributed by atoms with Gasteiger partial charge in [-0.25, -0.2) is 9.38 Å². The first kappa shape index (κ1) is 25.4. The van der Waals surface area contributed by atoms with Gasteiger partial charge in [0.2, 0.25) is 6.41 Å². The number of carbonyl (C=O) groups is 2. The third-order valence-corrected chi connectivity index (χ3v) is 6.59. The van der Waals surface area contributed by atoms with Gasteiger partial charge >= 0.3 is 0 Å². The van der Waals surface area contributed by atoms with Gasteiger partial charge in [0.25, 0.3) is 5.91 Å². The maximum absolute atomic E-state index is 14.2. The molecule has 0 atom stereocenters. The zero-order chi connectivity index (χ0) is 24.9. The molecule has 1 aromatic carbocycles. The van der Waals surface area contributed by atoms with E-state index in [2.05, 4.69) is 22.0 Å². The van der Waals surface area contributed by atoms with Crippen LogP contribution in [0.25, 0.3) is 0 Å². The van der Waals surface area contributed by atoms with Crippen LogP contribution >= 0.6 is 0 Å². The van der Waals surface area contributed by atoms with E-state index in [0.717, 1.165) is 45.3 Å². The Morgan fingerprint density at radius 2 is 2.03 bits per heavy atom. The number of carbonyl (C=O) groups excluding carboxylic acids is 2. The number of halogens is 1. The van der Waals surface area contributed by atoms with Crippen LogP contribution in [0.3, 0.4) is 0 Å². The lowest BCUT2D eigenvalue weighted by Gasteiger charge is -2.47. The predicted molar refractivity (Wildman–Crippen MR) is 130 cm³/mol. The van der Waals surface area contributed by atoms with Crippen molar-refractivity contribution in [3.8, 4) is 0 Å². The molecule has 1 saturated carbocycles. The normalized spacial score (nSPS) is 18.2. The van der Waals surface area contributed by atoms with Gasteiger partial charge in [-0.15, -0.1) is 0 Å². The average Bonchev–Trinajstić information content (AvgIpc) is 2.78. The van der Waals surface area contributed by atoms with Gasteiger partial charge in [-0.05, 0) is 57.0 Å². The maximum Gasteiger partial charge on any atom is 0.251 e. The molecule has 0 aromatic heterocycles. The quantitative estimate of drug-likeness (QED) is 0.326. The number of rotatable bonds is 9. The third kappa shape index (κ3) is 5.44. The van der Waals surface area contributed by atoms with E-state index in [9.17, 15) is 14.0 Å². The zero-order valence-electron chi connectivity index (χ0n) is 20.0. The molecule has 3 N–H and O–H groups in total. The summed E-state index contributed by atoms with van der Waals surface area (Å²) in [6, 6.07) is 2.62. The molecular weight excluding hydrogens is 439 g/mol. The van der Waals surface area contributed by atoms with Gasteiger partial charge in [0.05, 0.1) is 30.7 Å². The topological polar surface area (TPSA) is 113 Å². The van der Waals surface area contributed by atoms with Gasteiger partial charge in [-0.2, -0.15) is 0 Å². The molecule has 0 unspecified atom stereocenters. The number of nitrogens with two attached hydrogens (primary N) is 1. The Hall–Kier alpha value is -3.27. The van der Waals surface area contributed by atoms with Gasteiger partial charge in [0, 0.05) is 31.2 Å². The third-order valence-electron chi connectivity index (χ3n) is 6.59. The lowest BCUT2D eigenvalue weighted by molar-refractivity contribution is -0.139. The monoisotopic (exact) mass is 472 g/mol. The summed E-state index contributed by atoms with van der Waals surface area (Å²) in [5, 5.41) is 3.07. The fraction of sp³-hybridized carbons (Fsp3) is 0.500. The Balaban J connectivity index is 1.84. The molecule has 2 fully saturated rings. The molecule has 34 heavy (non-hydrogen) atoms. The minimum absolute atomic E-state index is 0.00432. The highest BCUT2D eigenvalue weighted by atomic mass is 19.1. The zero-order valence-corrected chi connectivity index (χ0v) is 20.0. The maximum atomic E-state index is 14.2. The summed E-state index contributed by atoms with van der Waals surface area (Å²) >= 11 is 0. The second-order valence-corrected chi connectivity index (χ2v) is 9.16. The predicted octanol–water partition coefficient (Wildman–Crippen LogP) is 2.52. The standard InChI is InChI=1S/C24H33FN6O3/c1-16-9-18(22(26)33)19(25)10-20(16)28-14-29-23(21(11-27-2)30(3)4)31(15-32)17-5-7-24(8-6-17)12-34-13-24/h9-11,15,17,28H,2,5-8,12-14H2,1,3-4H3,(H2,26,33)/b21-11+,29-23+. The highest BCUT2D eigenvalue weighted by Crippen LogP contribution is 2.43. The summed E-state index contributed by atoms with van der Waals surface area (Å²) in [4.78, 5) is 35.7. The highest BCUT2D eigenvalue weighted by molar-refractivity contribution is 6.03. The van der Waals surface area contributed by atoms with Crippen molar-refractivity contribution in [2.24, 2.45) is 21.1 Å². The first-order chi connectivity index (χ1) is 16.2. The summed E-state index contributed by atoms with van der Waals surface area (Å²) in [7, 11) is 3.68. The molecule has 1 spiro atoms. The molecule has 1 heterocycles. The minimum Gasteiger partial charge on any atom is -0.380 e. The molecule has 2 amide bonds. The summed E-state index contributed by atoms with van der Waals surface area (Å²) in [5.74, 6) is -1.08. The fourth-order valence-corrected chi connectivity index (χ4v) is 4.50. The van der Waals surface area contributed by atoms with Gasteiger partial charge in [-0.3, -0.25) is 19.5 Å². The van der Waals surface area contributed by atoms with Crippen LogP contribution in [0.5, 0.6) is 0 Å². The number of nitrogens with zero attached hydrogens (tertiary/aromatic N) is 4. The summed E-state index contributed by atoms with van der Waals surface area (Å²) in [6.07, 6.45) is 6.08. The second kappa shape index (κ2) is 10.8. The molecular formula is C24H33FN6O3. The number of likely N-dealkylation sites (N-methyl/N-ethyl adjacent to an activating group) is 1. The van der Waals surface area contributed by atoms with Gasteiger partial charge in [-0.1, -0.05) is 0 Å². The van der Waals surface area contributed by atoms with Crippen molar-refractivity contribution in [3.63, 3.8) is 0 Å². The lowest BCUT2D eigenvalue weighted by atomic mass is 9.71. The molecule has 1 aromatic rings. The van der Waals surface area contributed by atoms with Crippen LogP contribution in [0.4, 0.5) is 10.1 Å². The number of hydrogen-bond acceptors (Lipinski definition) is 7. The molecule has 2 aliphatic rings. The smallest absolute Gasteiger partial charge is 0.251 e. The van der Waals surface area contributed by atoms with Crippen LogP contribution in [-0.2, 0) is 9.53 Å². The molecule has 10 heteroatoms. The largest absolute Gasteiger partial charge is 0.380 e. The number of amides is 2. The summed E-state index contributed by atoms with van der Waals surface area (Å²) < 4.78 is 19.7. The van der Waals surface area contributed by atoms with Crippen LogP contribution in [-0.4, -0.2) is 74.7 Å². The molecule has 3 rings (SSSR count). The van der Waals surface area contributed by atoms with Crippen molar-refractivity contribution >= 4 is 30.6 Å². The van der Waals surface area contributed by atoms with E-state index in [0.29, 0.717) is 22.8 Å². The average molecular weight is 473 g/mol. The van der Waals surface area contributed by atoms with E-state index in [1.54, 1.807) is 18.0 Å². The number of anilines is 1. The number of hydrogen-bond donors (Lipinski definition) is 2. The fourth-order valence-electron chi connectivity index (χ4n) is 4.50. The number of ether oxygens (including phenoxy) is 1. The van der Waals surface area contributed by atoms with E-state index in [1.165, 1.54) is 12.1 Å². The number of aryl methyl sites for hydroxylation is 1. The van der Waals surface area contributed by atoms with E-state index >= 15 is 0 Å². The van der Waals surface area contributed by atoms with E-state index in [4.69, 9.17) is 10.5 Å². The molecule has 1 aliphatic carbocycles. The number of amidine groups is 1. The number of aliphatic imine (C=N–C) groups is 2. The molecule has 184 valence electrons. The van der Waals surface area contributed by atoms with Gasteiger partial charge < -0.3 is 20.7 Å². The molecule has 1 saturated heterocycles. The highest BCUT2D eigenvalue weighted by Gasteiger charge is 2.43. The van der Waals surface area contributed by atoms with Crippen molar-refractivity contribution < 1.29 is 18.7 Å². The van der Waals surface area contributed by atoms with Gasteiger partial charge in [0.15, 0.2) is 5.84 Å². The Morgan fingerprint density at radius 3 is 2.53 bits per heavy atom. The van der Waals surface area contributed by atoms with Crippen molar-refractivity contribution in [2.45, 2.75) is 38.6 Å². The van der Waals surface area contributed by atoms with Crippen molar-refractivity contribution in [2.75, 3.05) is 39.3 Å². The van der Waals surface area contributed by atoms with Crippen LogP contribution < -0.4 is 11.1 Å². The van der Waals surface area contributed by atoms with E-state index < -0.39 is 11.7 Å². The molecule has 1 aliphatic heterocycles.